The topological polar surface area (TPSA) is 95.9 Å². The van der Waals surface area contributed by atoms with Crippen molar-refractivity contribution in [3.05, 3.63) is 36.5 Å². The van der Waals surface area contributed by atoms with Gasteiger partial charge in [-0.2, -0.15) is 0 Å². The molecule has 0 heterocycles. The van der Waals surface area contributed by atoms with Crippen LogP contribution in [0.25, 0.3) is 0 Å². The molecule has 3 N–H and O–H groups in total. The number of hydrogen-bond donors (Lipinski definition) is 3. The van der Waals surface area contributed by atoms with Crippen molar-refractivity contribution in [2.45, 2.75) is 418 Å². The molecule has 6 heteroatoms. The lowest BCUT2D eigenvalue weighted by Gasteiger charge is -2.20. The van der Waals surface area contributed by atoms with E-state index in [0.29, 0.717) is 19.4 Å². The summed E-state index contributed by atoms with van der Waals surface area (Å²) < 4.78 is 5.50. The van der Waals surface area contributed by atoms with Crippen LogP contribution in [0.2, 0.25) is 0 Å². The predicted octanol–water partition coefficient (Wildman–Crippen LogP) is 23.9. The molecule has 0 fully saturated rings. The standard InChI is InChI=1S/C75H143NO5/c1-3-5-7-9-11-13-15-17-19-21-23-24-25-26-27-29-32-35-39-43-47-51-55-59-63-67-73(78)72(71-77)76-74(79)68-64-60-56-52-48-44-40-36-33-30-28-31-34-38-42-46-50-54-58-62-66-70-81-75(80)69-65-61-57-53-49-45-41-37-22-20-18-16-14-12-10-8-6-4-2/h14,16,20,22,63,67,72-73,77-78H,3-13,15,17-19,21,23-62,64-66,68-71H2,1-2H3,(H,76,79)/b16-14-,22-20-,67-63+. The lowest BCUT2D eigenvalue weighted by atomic mass is 10.0. The molecule has 0 bridgehead atoms. The van der Waals surface area contributed by atoms with Gasteiger partial charge in [0.15, 0.2) is 0 Å². The summed E-state index contributed by atoms with van der Waals surface area (Å²) in [4.78, 5) is 24.7. The zero-order valence-corrected chi connectivity index (χ0v) is 54.8. The van der Waals surface area contributed by atoms with Crippen LogP contribution < -0.4 is 5.32 Å². The highest BCUT2D eigenvalue weighted by atomic mass is 16.5. The van der Waals surface area contributed by atoms with Gasteiger partial charge < -0.3 is 20.3 Å². The van der Waals surface area contributed by atoms with Crippen molar-refractivity contribution < 1.29 is 24.5 Å². The third kappa shape index (κ3) is 67.1. The highest BCUT2D eigenvalue weighted by molar-refractivity contribution is 5.76. The Bertz CT molecular complexity index is 1310. The summed E-state index contributed by atoms with van der Waals surface area (Å²) in [5, 5.41) is 23.3. The maximum absolute atomic E-state index is 12.5. The minimum absolute atomic E-state index is 0.00491. The van der Waals surface area contributed by atoms with Gasteiger partial charge in [0.2, 0.25) is 5.91 Å². The van der Waals surface area contributed by atoms with Gasteiger partial charge in [0, 0.05) is 12.8 Å². The Morgan fingerprint density at radius 1 is 0.346 bits per heavy atom. The van der Waals surface area contributed by atoms with Gasteiger partial charge in [-0.15, -0.1) is 0 Å². The lowest BCUT2D eigenvalue weighted by molar-refractivity contribution is -0.143. The minimum atomic E-state index is -0.847. The van der Waals surface area contributed by atoms with Gasteiger partial charge in [-0.1, -0.05) is 365 Å². The molecule has 0 aromatic heterocycles. The van der Waals surface area contributed by atoms with Gasteiger partial charge in [0.05, 0.1) is 25.4 Å². The second-order valence-corrected chi connectivity index (χ2v) is 25.3. The van der Waals surface area contributed by atoms with Crippen molar-refractivity contribution in [1.82, 2.24) is 5.32 Å². The molecular formula is C75H143NO5. The van der Waals surface area contributed by atoms with Gasteiger partial charge in [-0.25, -0.2) is 0 Å². The lowest BCUT2D eigenvalue weighted by Crippen LogP contribution is -2.45. The number of unbranched alkanes of at least 4 members (excludes halogenated alkanes) is 54. The summed E-state index contributed by atoms with van der Waals surface area (Å²) in [6, 6.07) is -0.631. The van der Waals surface area contributed by atoms with Gasteiger partial charge in [0.25, 0.3) is 0 Å². The summed E-state index contributed by atoms with van der Waals surface area (Å²) in [6.45, 7) is 4.92. The first kappa shape index (κ1) is 79.1. The molecule has 0 radical (unpaired) electrons. The van der Waals surface area contributed by atoms with Crippen molar-refractivity contribution >= 4 is 11.9 Å². The second kappa shape index (κ2) is 70.6. The molecule has 6 nitrogen and oxygen atoms in total. The van der Waals surface area contributed by atoms with Crippen LogP contribution in [0.4, 0.5) is 0 Å². The van der Waals surface area contributed by atoms with Crippen molar-refractivity contribution in [3.63, 3.8) is 0 Å². The van der Waals surface area contributed by atoms with E-state index in [-0.39, 0.29) is 18.5 Å². The van der Waals surface area contributed by atoms with Crippen molar-refractivity contribution in [2.24, 2.45) is 0 Å². The van der Waals surface area contributed by atoms with Gasteiger partial charge >= 0.3 is 5.97 Å². The Labute approximate surface area is 506 Å². The third-order valence-corrected chi connectivity index (χ3v) is 17.2. The maximum Gasteiger partial charge on any atom is 0.305 e. The molecule has 0 aliphatic rings. The summed E-state index contributed by atoms with van der Waals surface area (Å²) >= 11 is 0. The molecule has 0 aliphatic heterocycles. The Balaban J connectivity index is 3.41. The number of hydrogen-bond acceptors (Lipinski definition) is 5. The van der Waals surface area contributed by atoms with Crippen LogP contribution >= 0.6 is 0 Å². The third-order valence-electron chi connectivity index (χ3n) is 17.2. The van der Waals surface area contributed by atoms with E-state index in [2.05, 4.69) is 43.5 Å². The van der Waals surface area contributed by atoms with Gasteiger partial charge in [0.1, 0.15) is 0 Å². The van der Waals surface area contributed by atoms with E-state index < -0.39 is 12.1 Å². The fraction of sp³-hybridized carbons (Fsp3) is 0.893. The molecule has 81 heavy (non-hydrogen) atoms. The number of amides is 1. The largest absolute Gasteiger partial charge is 0.466 e. The number of allylic oxidation sites excluding steroid dienone is 5. The first-order valence-electron chi connectivity index (χ1n) is 36.8. The number of esters is 1. The molecule has 0 spiro atoms. The molecule has 1 amide bonds. The number of aliphatic hydroxyl groups excluding tert-OH is 2. The van der Waals surface area contributed by atoms with Gasteiger partial charge in [-0.3, -0.25) is 9.59 Å². The maximum atomic E-state index is 12.5. The first-order valence-corrected chi connectivity index (χ1v) is 36.8. The minimum Gasteiger partial charge on any atom is -0.466 e. The van der Waals surface area contributed by atoms with E-state index in [1.54, 1.807) is 6.08 Å². The molecular weight excluding hydrogens is 995 g/mol. The van der Waals surface area contributed by atoms with E-state index in [9.17, 15) is 19.8 Å². The van der Waals surface area contributed by atoms with Crippen molar-refractivity contribution in [1.29, 1.82) is 0 Å². The van der Waals surface area contributed by atoms with E-state index in [0.717, 1.165) is 51.4 Å². The fourth-order valence-electron chi connectivity index (χ4n) is 11.6. The molecule has 0 aromatic carbocycles. The van der Waals surface area contributed by atoms with Crippen molar-refractivity contribution in [2.75, 3.05) is 13.2 Å². The Morgan fingerprint density at radius 2 is 0.617 bits per heavy atom. The summed E-state index contributed by atoms with van der Waals surface area (Å²) in [6.07, 6.45) is 90.8. The number of nitrogens with one attached hydrogen (secondary N) is 1. The molecule has 0 saturated carbocycles. The summed E-state index contributed by atoms with van der Waals surface area (Å²) in [7, 11) is 0. The van der Waals surface area contributed by atoms with Crippen molar-refractivity contribution in [3.8, 4) is 0 Å². The first-order chi connectivity index (χ1) is 40.0. The SMILES string of the molecule is CCCCCC/C=C\C/C=C\CCCCCCCCCC(=O)OCCCCCCCCCCCCCCCCCCCCCCCC(=O)NC(CO)C(O)/C=C/CCCCCCCCCCCCCCCCCCCCCCCCC. The zero-order valence-electron chi connectivity index (χ0n) is 54.8. The summed E-state index contributed by atoms with van der Waals surface area (Å²) in [5.41, 5.74) is 0. The van der Waals surface area contributed by atoms with Crippen LogP contribution in [0, 0.1) is 0 Å². The fourth-order valence-corrected chi connectivity index (χ4v) is 11.6. The highest BCUT2D eigenvalue weighted by Gasteiger charge is 2.18. The van der Waals surface area contributed by atoms with E-state index in [1.807, 2.05) is 6.08 Å². The predicted molar refractivity (Wildman–Crippen MR) is 356 cm³/mol. The number of carbonyl (C=O) groups excluding carboxylic acids is 2. The normalized spacial score (nSPS) is 12.7. The van der Waals surface area contributed by atoms with E-state index in [1.165, 1.54) is 327 Å². The van der Waals surface area contributed by atoms with Crippen LogP contribution in [0.5, 0.6) is 0 Å². The second-order valence-electron chi connectivity index (χ2n) is 25.3. The van der Waals surface area contributed by atoms with E-state index in [4.69, 9.17) is 4.74 Å². The Morgan fingerprint density at radius 3 is 0.951 bits per heavy atom. The quantitative estimate of drug-likeness (QED) is 0.0320. The number of carbonyl (C=O) groups is 2. The van der Waals surface area contributed by atoms with Crippen LogP contribution in [0.1, 0.15) is 406 Å². The molecule has 0 aliphatic carbocycles. The number of ether oxygens (including phenoxy) is 1. The number of aliphatic hydroxyl groups is 2. The van der Waals surface area contributed by atoms with Crippen LogP contribution in [-0.2, 0) is 14.3 Å². The van der Waals surface area contributed by atoms with Crippen LogP contribution in [-0.4, -0.2) is 47.4 Å². The smallest absolute Gasteiger partial charge is 0.305 e. The molecule has 0 aromatic rings. The van der Waals surface area contributed by atoms with Crippen LogP contribution in [0.3, 0.4) is 0 Å². The van der Waals surface area contributed by atoms with Crippen LogP contribution in [0.15, 0.2) is 36.5 Å². The Kier molecular flexibility index (Phi) is 68.9. The average molecular weight is 1140 g/mol. The molecule has 0 rings (SSSR count). The summed E-state index contributed by atoms with van der Waals surface area (Å²) in [5.74, 6) is -0.0598. The highest BCUT2D eigenvalue weighted by Crippen LogP contribution is 2.19. The van der Waals surface area contributed by atoms with E-state index >= 15 is 0 Å². The molecule has 2 atom stereocenters. The number of rotatable bonds is 69. The molecule has 2 unspecified atom stereocenters. The molecule has 478 valence electrons. The average Bonchev–Trinajstić information content (AvgIpc) is 3.47. The Hall–Kier alpha value is -1.92. The van der Waals surface area contributed by atoms with Gasteiger partial charge in [-0.05, 0) is 64.2 Å². The zero-order chi connectivity index (χ0) is 58.5. The monoisotopic (exact) mass is 1140 g/mol. The molecule has 0 saturated heterocycles.